The summed E-state index contributed by atoms with van der Waals surface area (Å²) in [6.07, 6.45) is 1.65. The summed E-state index contributed by atoms with van der Waals surface area (Å²) < 4.78 is 26.9. The van der Waals surface area contributed by atoms with Crippen molar-refractivity contribution in [2.75, 3.05) is 13.1 Å². The Morgan fingerprint density at radius 1 is 1.39 bits per heavy atom. The smallest absolute Gasteiger partial charge is 0.282 e. The first-order valence-corrected chi connectivity index (χ1v) is 6.01. The second-order valence-corrected chi connectivity index (χ2v) is 4.52. The van der Waals surface area contributed by atoms with Crippen molar-refractivity contribution < 1.29 is 8.78 Å². The SMILES string of the molecule is FC1(F)CNCC/C1=C\C#Cc1cccc(Cl)c1. The monoisotopic (exact) mass is 267 g/mol. The molecule has 18 heavy (non-hydrogen) atoms. The standard InChI is InChI=1S/C14H12ClF2N/c15-13-6-2-4-11(9-13)3-1-5-12-7-8-18-10-14(12,16)17/h2,4-6,9,18H,7-8,10H2/b12-5+. The molecule has 0 atom stereocenters. The van der Waals surface area contributed by atoms with E-state index in [-0.39, 0.29) is 12.1 Å². The molecule has 0 spiro atoms. The van der Waals surface area contributed by atoms with Crippen LogP contribution in [0.1, 0.15) is 12.0 Å². The van der Waals surface area contributed by atoms with Gasteiger partial charge >= 0.3 is 0 Å². The van der Waals surface area contributed by atoms with Gasteiger partial charge in [0.2, 0.25) is 0 Å². The average Bonchev–Trinajstić information content (AvgIpc) is 2.31. The second kappa shape index (κ2) is 5.51. The van der Waals surface area contributed by atoms with Gasteiger partial charge in [0.05, 0.1) is 6.54 Å². The average molecular weight is 268 g/mol. The summed E-state index contributed by atoms with van der Waals surface area (Å²) in [6.45, 7) is 0.262. The molecule has 0 aromatic heterocycles. The van der Waals surface area contributed by atoms with Gasteiger partial charge in [0.1, 0.15) is 0 Å². The highest BCUT2D eigenvalue weighted by Crippen LogP contribution is 2.28. The molecule has 1 aliphatic heterocycles. The van der Waals surface area contributed by atoms with Gasteiger partial charge in [-0.05, 0) is 37.2 Å². The van der Waals surface area contributed by atoms with Crippen molar-refractivity contribution in [1.29, 1.82) is 0 Å². The molecule has 1 fully saturated rings. The normalized spacial score (nSPS) is 20.3. The third-order valence-electron chi connectivity index (χ3n) is 2.68. The fourth-order valence-electron chi connectivity index (χ4n) is 1.72. The van der Waals surface area contributed by atoms with E-state index < -0.39 is 5.92 Å². The number of allylic oxidation sites excluding steroid dienone is 1. The first-order valence-electron chi connectivity index (χ1n) is 5.63. The maximum absolute atomic E-state index is 13.4. The summed E-state index contributed by atoms with van der Waals surface area (Å²) >= 11 is 5.81. The van der Waals surface area contributed by atoms with Crippen LogP contribution in [-0.4, -0.2) is 19.0 Å². The van der Waals surface area contributed by atoms with E-state index >= 15 is 0 Å². The molecular formula is C14H12ClF2N. The number of hydrogen-bond acceptors (Lipinski definition) is 1. The highest BCUT2D eigenvalue weighted by Gasteiger charge is 2.35. The first-order chi connectivity index (χ1) is 8.58. The molecule has 0 aliphatic carbocycles. The molecule has 0 radical (unpaired) electrons. The van der Waals surface area contributed by atoms with Crippen molar-refractivity contribution in [3.63, 3.8) is 0 Å². The number of rotatable bonds is 0. The molecule has 0 bridgehead atoms. The lowest BCUT2D eigenvalue weighted by atomic mass is 10.0. The van der Waals surface area contributed by atoms with E-state index in [1.54, 1.807) is 24.3 Å². The molecular weight excluding hydrogens is 256 g/mol. The van der Waals surface area contributed by atoms with E-state index in [9.17, 15) is 8.78 Å². The highest BCUT2D eigenvalue weighted by atomic mass is 35.5. The molecule has 1 nitrogen and oxygen atoms in total. The molecule has 1 aliphatic rings. The summed E-state index contributed by atoms with van der Waals surface area (Å²) in [5.41, 5.74) is 0.812. The number of halogens is 3. The van der Waals surface area contributed by atoms with Crippen LogP contribution >= 0.6 is 11.6 Å². The molecule has 1 saturated heterocycles. The number of alkyl halides is 2. The number of piperidine rings is 1. The van der Waals surface area contributed by atoms with Gasteiger partial charge in [0.25, 0.3) is 5.92 Å². The molecule has 1 heterocycles. The number of hydrogen-bond donors (Lipinski definition) is 1. The van der Waals surface area contributed by atoms with Crippen LogP contribution in [0.3, 0.4) is 0 Å². The Bertz CT molecular complexity index is 526. The van der Waals surface area contributed by atoms with E-state index in [2.05, 4.69) is 17.2 Å². The van der Waals surface area contributed by atoms with Gasteiger partial charge < -0.3 is 5.32 Å². The lowest BCUT2D eigenvalue weighted by Gasteiger charge is -2.25. The van der Waals surface area contributed by atoms with Crippen molar-refractivity contribution in [3.8, 4) is 11.8 Å². The zero-order chi connectivity index (χ0) is 13.0. The third-order valence-corrected chi connectivity index (χ3v) is 2.91. The van der Waals surface area contributed by atoms with Crippen molar-refractivity contribution >= 4 is 11.6 Å². The quantitative estimate of drug-likeness (QED) is 0.712. The Kier molecular flexibility index (Phi) is 4.00. The van der Waals surface area contributed by atoms with Crippen LogP contribution in [0, 0.1) is 11.8 Å². The topological polar surface area (TPSA) is 12.0 Å². The minimum absolute atomic E-state index is 0.0933. The van der Waals surface area contributed by atoms with Crippen LogP contribution in [0.5, 0.6) is 0 Å². The first kappa shape index (κ1) is 13.1. The van der Waals surface area contributed by atoms with Gasteiger partial charge in [0, 0.05) is 16.2 Å². The van der Waals surface area contributed by atoms with E-state index in [1.165, 1.54) is 6.08 Å². The van der Waals surface area contributed by atoms with Crippen molar-refractivity contribution in [1.82, 2.24) is 5.32 Å². The maximum Gasteiger partial charge on any atom is 0.282 e. The Hall–Kier alpha value is -1.37. The van der Waals surface area contributed by atoms with Crippen LogP contribution in [0.25, 0.3) is 0 Å². The Labute approximate surface area is 110 Å². The molecule has 4 heteroatoms. The molecule has 0 unspecified atom stereocenters. The molecule has 1 N–H and O–H groups in total. The lowest BCUT2D eigenvalue weighted by molar-refractivity contribution is 0.0285. The van der Waals surface area contributed by atoms with E-state index in [4.69, 9.17) is 11.6 Å². The van der Waals surface area contributed by atoms with Gasteiger partial charge in [0.15, 0.2) is 0 Å². The predicted octanol–water partition coefficient (Wildman–Crippen LogP) is 3.25. The lowest BCUT2D eigenvalue weighted by Crippen LogP contribution is -2.40. The Morgan fingerprint density at radius 2 is 2.22 bits per heavy atom. The molecule has 0 amide bonds. The minimum Gasteiger partial charge on any atom is -0.311 e. The van der Waals surface area contributed by atoms with Crippen molar-refractivity contribution in [2.24, 2.45) is 0 Å². The summed E-state index contributed by atoms with van der Waals surface area (Å²) in [5.74, 6) is 2.69. The fraction of sp³-hybridized carbons (Fsp3) is 0.286. The van der Waals surface area contributed by atoms with Gasteiger partial charge in [-0.15, -0.1) is 0 Å². The maximum atomic E-state index is 13.4. The zero-order valence-corrected chi connectivity index (χ0v) is 10.4. The predicted molar refractivity (Wildman–Crippen MR) is 68.8 cm³/mol. The highest BCUT2D eigenvalue weighted by molar-refractivity contribution is 6.30. The van der Waals surface area contributed by atoms with Crippen LogP contribution in [0.2, 0.25) is 5.02 Å². The molecule has 0 saturated carbocycles. The summed E-state index contributed by atoms with van der Waals surface area (Å²) in [5, 5.41) is 3.25. The van der Waals surface area contributed by atoms with Crippen LogP contribution in [0.4, 0.5) is 8.78 Å². The molecule has 2 rings (SSSR count). The molecule has 1 aromatic carbocycles. The minimum atomic E-state index is -2.79. The van der Waals surface area contributed by atoms with Crippen LogP contribution in [-0.2, 0) is 0 Å². The molecule has 1 aromatic rings. The summed E-state index contributed by atoms with van der Waals surface area (Å²) in [7, 11) is 0. The van der Waals surface area contributed by atoms with Gasteiger partial charge in [-0.1, -0.05) is 29.5 Å². The van der Waals surface area contributed by atoms with Crippen molar-refractivity contribution in [3.05, 3.63) is 46.5 Å². The largest absolute Gasteiger partial charge is 0.311 e. The van der Waals surface area contributed by atoms with Crippen LogP contribution < -0.4 is 5.32 Å². The fourth-order valence-corrected chi connectivity index (χ4v) is 1.91. The Morgan fingerprint density at radius 3 is 2.94 bits per heavy atom. The van der Waals surface area contributed by atoms with E-state index in [0.717, 1.165) is 5.56 Å². The van der Waals surface area contributed by atoms with Crippen LogP contribution in [0.15, 0.2) is 35.9 Å². The molecule has 94 valence electrons. The van der Waals surface area contributed by atoms with E-state index in [1.807, 2.05) is 0 Å². The zero-order valence-electron chi connectivity index (χ0n) is 9.64. The number of nitrogens with one attached hydrogen (secondary N) is 1. The summed E-state index contributed by atoms with van der Waals surface area (Å²) in [4.78, 5) is 0. The van der Waals surface area contributed by atoms with Gasteiger partial charge in [-0.3, -0.25) is 0 Å². The third kappa shape index (κ3) is 3.32. The Balaban J connectivity index is 2.15. The summed E-state index contributed by atoms with van der Waals surface area (Å²) in [6, 6.07) is 7.01. The second-order valence-electron chi connectivity index (χ2n) is 4.08. The van der Waals surface area contributed by atoms with E-state index in [0.29, 0.717) is 18.0 Å². The van der Waals surface area contributed by atoms with Crippen molar-refractivity contribution in [2.45, 2.75) is 12.3 Å². The number of benzene rings is 1. The van der Waals surface area contributed by atoms with Gasteiger partial charge in [-0.25, -0.2) is 8.78 Å². The van der Waals surface area contributed by atoms with Gasteiger partial charge in [-0.2, -0.15) is 0 Å².